The van der Waals surface area contributed by atoms with Crippen LogP contribution in [0, 0.1) is 10.1 Å². The molecule has 1 aromatic rings. The first kappa shape index (κ1) is 16.7. The van der Waals surface area contributed by atoms with Gasteiger partial charge in [-0.1, -0.05) is 0 Å². The van der Waals surface area contributed by atoms with Crippen LogP contribution in [0.1, 0.15) is 19.8 Å². The molecular weight excluding hydrogens is 358 g/mol. The van der Waals surface area contributed by atoms with Crippen LogP contribution in [0.4, 0.5) is 10.6 Å². The van der Waals surface area contributed by atoms with Gasteiger partial charge in [-0.2, -0.15) is 4.68 Å². The van der Waals surface area contributed by atoms with Crippen LogP contribution in [0.5, 0.6) is 0 Å². The lowest BCUT2D eigenvalue weighted by Crippen LogP contribution is -2.48. The average molecular weight is 376 g/mol. The molecule has 122 valence electrons. The number of aromatic nitrogens is 2. The van der Waals surface area contributed by atoms with Gasteiger partial charge in [-0.05, 0) is 40.6 Å². The molecule has 0 bridgehead atoms. The van der Waals surface area contributed by atoms with E-state index in [1.165, 1.54) is 4.68 Å². The third kappa shape index (κ3) is 4.41. The topological polar surface area (TPSA) is 103 Å². The highest BCUT2D eigenvalue weighted by Crippen LogP contribution is 2.22. The van der Waals surface area contributed by atoms with Gasteiger partial charge in [-0.15, -0.1) is 0 Å². The van der Waals surface area contributed by atoms with Gasteiger partial charge in [0.2, 0.25) is 0 Å². The van der Waals surface area contributed by atoms with Crippen LogP contribution < -0.4 is 5.32 Å². The molecule has 0 radical (unpaired) electrons. The summed E-state index contributed by atoms with van der Waals surface area (Å²) in [7, 11) is 0. The van der Waals surface area contributed by atoms with Gasteiger partial charge in [0.25, 0.3) is 0 Å². The zero-order valence-electron chi connectivity index (χ0n) is 12.2. The standard InChI is InChI=1S/C12H18BrN5O4/c1-2-22-12(19)14-9-4-3-5-16(6-9)8-17-7-10(13)11(15-17)18(20)21/h7,9H,2-6,8H2,1H3,(H,14,19). The third-order valence-electron chi connectivity index (χ3n) is 3.32. The van der Waals surface area contributed by atoms with Crippen LogP contribution >= 0.6 is 15.9 Å². The number of halogens is 1. The van der Waals surface area contributed by atoms with E-state index in [1.54, 1.807) is 13.1 Å². The highest BCUT2D eigenvalue weighted by Gasteiger charge is 2.24. The molecule has 1 aliphatic heterocycles. The minimum absolute atomic E-state index is 0.0155. The normalized spacial score (nSPS) is 18.9. The van der Waals surface area contributed by atoms with Gasteiger partial charge in [-0.3, -0.25) is 4.90 Å². The van der Waals surface area contributed by atoms with Gasteiger partial charge in [0.1, 0.15) is 11.1 Å². The highest BCUT2D eigenvalue weighted by molar-refractivity contribution is 9.10. The molecule has 22 heavy (non-hydrogen) atoms. The van der Waals surface area contributed by atoms with E-state index in [-0.39, 0.29) is 11.9 Å². The van der Waals surface area contributed by atoms with E-state index < -0.39 is 11.0 Å². The summed E-state index contributed by atoms with van der Waals surface area (Å²) in [4.78, 5) is 23.8. The number of nitrogens with zero attached hydrogens (tertiary/aromatic N) is 4. The quantitative estimate of drug-likeness (QED) is 0.620. The van der Waals surface area contributed by atoms with Crippen molar-refractivity contribution < 1.29 is 14.5 Å². The fraction of sp³-hybridized carbons (Fsp3) is 0.667. The van der Waals surface area contributed by atoms with Crippen molar-refractivity contribution in [1.82, 2.24) is 20.0 Å². The predicted molar refractivity (Wildman–Crippen MR) is 81.3 cm³/mol. The molecule has 1 aromatic heterocycles. The van der Waals surface area contributed by atoms with Crippen LogP contribution in [0.2, 0.25) is 0 Å². The first-order chi connectivity index (χ1) is 10.5. The van der Waals surface area contributed by atoms with Crippen molar-refractivity contribution in [3.63, 3.8) is 0 Å². The number of amides is 1. The number of likely N-dealkylation sites (tertiary alicyclic amines) is 1. The predicted octanol–water partition coefficient (Wildman–Crippen LogP) is 1.72. The van der Waals surface area contributed by atoms with E-state index in [0.29, 0.717) is 24.3 Å². The van der Waals surface area contributed by atoms with E-state index in [1.807, 2.05) is 0 Å². The molecule has 1 N–H and O–H groups in total. The molecule has 1 aliphatic rings. The first-order valence-corrected chi connectivity index (χ1v) is 7.82. The van der Waals surface area contributed by atoms with Crippen LogP contribution in [0.3, 0.4) is 0 Å². The Kier molecular flexibility index (Phi) is 5.72. The number of carbonyl (C=O) groups excluding carboxylic acids is 1. The zero-order valence-corrected chi connectivity index (χ0v) is 13.8. The Morgan fingerprint density at radius 1 is 1.68 bits per heavy atom. The van der Waals surface area contributed by atoms with Gasteiger partial charge in [0, 0.05) is 19.1 Å². The number of hydrogen-bond donors (Lipinski definition) is 1. The Morgan fingerprint density at radius 2 is 2.45 bits per heavy atom. The maximum absolute atomic E-state index is 11.4. The van der Waals surface area contributed by atoms with Gasteiger partial charge < -0.3 is 20.2 Å². The molecule has 2 heterocycles. The number of rotatable bonds is 5. The second-order valence-electron chi connectivity index (χ2n) is 5.02. The van der Waals surface area contributed by atoms with Crippen molar-refractivity contribution in [2.75, 3.05) is 19.7 Å². The van der Waals surface area contributed by atoms with E-state index in [4.69, 9.17) is 4.74 Å². The van der Waals surface area contributed by atoms with Crippen molar-refractivity contribution >= 4 is 27.8 Å². The summed E-state index contributed by atoms with van der Waals surface area (Å²) in [5, 5.41) is 17.5. The van der Waals surface area contributed by atoms with Crippen LogP contribution in [-0.4, -0.2) is 51.4 Å². The molecule has 0 saturated carbocycles. The summed E-state index contributed by atoms with van der Waals surface area (Å²) in [5.74, 6) is -0.196. The van der Waals surface area contributed by atoms with Crippen LogP contribution in [-0.2, 0) is 11.4 Å². The third-order valence-corrected chi connectivity index (χ3v) is 3.88. The molecule has 0 spiro atoms. The largest absolute Gasteiger partial charge is 0.450 e. The zero-order chi connectivity index (χ0) is 16.1. The minimum atomic E-state index is -0.526. The molecule has 10 heteroatoms. The molecule has 1 saturated heterocycles. The summed E-state index contributed by atoms with van der Waals surface area (Å²) in [5.41, 5.74) is 0. The molecule has 1 fully saturated rings. The Bertz CT molecular complexity index is 550. The molecule has 1 unspecified atom stereocenters. The Morgan fingerprint density at radius 3 is 3.09 bits per heavy atom. The van der Waals surface area contributed by atoms with Crippen molar-refractivity contribution in [2.24, 2.45) is 0 Å². The lowest BCUT2D eigenvalue weighted by molar-refractivity contribution is -0.390. The molecule has 0 aromatic carbocycles. The second-order valence-corrected chi connectivity index (χ2v) is 5.87. The molecule has 9 nitrogen and oxygen atoms in total. The Hall–Kier alpha value is -1.68. The summed E-state index contributed by atoms with van der Waals surface area (Å²) < 4.78 is 6.76. The Balaban J connectivity index is 1.91. The highest BCUT2D eigenvalue weighted by atomic mass is 79.9. The number of nitrogens with one attached hydrogen (secondary N) is 1. The molecular formula is C12H18BrN5O4. The number of piperidine rings is 1. The number of hydrogen-bond acceptors (Lipinski definition) is 6. The minimum Gasteiger partial charge on any atom is -0.450 e. The van der Waals surface area contributed by atoms with Crippen molar-refractivity contribution in [3.8, 4) is 0 Å². The molecule has 1 atom stereocenters. The number of alkyl carbamates (subject to hydrolysis) is 1. The maximum Gasteiger partial charge on any atom is 0.407 e. The van der Waals surface area contributed by atoms with Crippen molar-refractivity contribution in [1.29, 1.82) is 0 Å². The van der Waals surface area contributed by atoms with Gasteiger partial charge in [0.05, 0.1) is 17.9 Å². The van der Waals surface area contributed by atoms with Crippen molar-refractivity contribution in [2.45, 2.75) is 32.5 Å². The molecule has 2 rings (SSSR count). The van der Waals surface area contributed by atoms with Crippen LogP contribution in [0.15, 0.2) is 10.7 Å². The number of ether oxygens (including phenoxy) is 1. The Labute approximate surface area is 135 Å². The van der Waals surface area contributed by atoms with Gasteiger partial charge in [-0.25, -0.2) is 4.79 Å². The molecule has 0 aliphatic carbocycles. The summed E-state index contributed by atoms with van der Waals surface area (Å²) in [6.45, 7) is 4.05. The van der Waals surface area contributed by atoms with Crippen LogP contribution in [0.25, 0.3) is 0 Å². The smallest absolute Gasteiger partial charge is 0.407 e. The van der Waals surface area contributed by atoms with E-state index in [0.717, 1.165) is 19.4 Å². The van der Waals surface area contributed by atoms with E-state index in [9.17, 15) is 14.9 Å². The van der Waals surface area contributed by atoms with E-state index >= 15 is 0 Å². The summed E-state index contributed by atoms with van der Waals surface area (Å²) >= 11 is 3.13. The first-order valence-electron chi connectivity index (χ1n) is 7.02. The van der Waals surface area contributed by atoms with Gasteiger partial charge >= 0.3 is 11.9 Å². The van der Waals surface area contributed by atoms with E-state index in [2.05, 4.69) is 31.2 Å². The number of carbonyl (C=O) groups is 1. The SMILES string of the molecule is CCOC(=O)NC1CCCN(Cn2cc(Br)c([N+](=O)[O-])n2)C1. The fourth-order valence-corrected chi connectivity index (χ4v) is 2.89. The number of nitro groups is 1. The van der Waals surface area contributed by atoms with Gasteiger partial charge in [0.15, 0.2) is 0 Å². The summed E-state index contributed by atoms with van der Waals surface area (Å²) in [6, 6.07) is 0.0155. The lowest BCUT2D eigenvalue weighted by Gasteiger charge is -2.31. The maximum atomic E-state index is 11.4. The van der Waals surface area contributed by atoms with Crippen molar-refractivity contribution in [3.05, 3.63) is 20.8 Å². The molecule has 1 amide bonds. The monoisotopic (exact) mass is 375 g/mol. The summed E-state index contributed by atoms with van der Waals surface area (Å²) in [6.07, 6.45) is 2.99. The lowest BCUT2D eigenvalue weighted by atomic mass is 10.1. The average Bonchev–Trinajstić information content (AvgIpc) is 2.80. The second kappa shape index (κ2) is 7.54. The fourth-order valence-electron chi connectivity index (χ4n) is 2.43.